The number of nitrogens with one attached hydrogen (secondary N) is 1. The molecule has 3 rings (SSSR count). The third kappa shape index (κ3) is 2.59. The first kappa shape index (κ1) is 13.6. The van der Waals surface area contributed by atoms with Crippen molar-refractivity contribution in [2.24, 2.45) is 5.92 Å². The predicted octanol–water partition coefficient (Wildman–Crippen LogP) is 1.81. The standard InChI is InChI=1S/C15H20N2O2S/c1-15(12-2-3-12)14(19)17(8-5-13(18)16-15)7-4-11-6-9-20-10-11/h6,9-10,12H,2-5,7-8H2,1H3,(H,16,18). The van der Waals surface area contributed by atoms with Gasteiger partial charge < -0.3 is 10.2 Å². The molecule has 0 spiro atoms. The highest BCUT2D eigenvalue weighted by molar-refractivity contribution is 7.07. The minimum atomic E-state index is -0.678. The molecule has 1 aliphatic carbocycles. The molecule has 4 nitrogen and oxygen atoms in total. The number of amides is 2. The highest BCUT2D eigenvalue weighted by Crippen LogP contribution is 2.41. The van der Waals surface area contributed by atoms with Gasteiger partial charge in [0.05, 0.1) is 0 Å². The zero-order valence-corrected chi connectivity index (χ0v) is 12.5. The van der Waals surface area contributed by atoms with Crippen LogP contribution in [0.1, 0.15) is 31.7 Å². The summed E-state index contributed by atoms with van der Waals surface area (Å²) in [6, 6.07) is 2.09. The van der Waals surface area contributed by atoms with E-state index in [9.17, 15) is 9.59 Å². The lowest BCUT2D eigenvalue weighted by molar-refractivity contribution is -0.139. The molecule has 1 saturated heterocycles. The Balaban J connectivity index is 1.72. The maximum Gasteiger partial charge on any atom is 0.248 e. The predicted molar refractivity (Wildman–Crippen MR) is 78.5 cm³/mol. The molecular formula is C15H20N2O2S. The summed E-state index contributed by atoms with van der Waals surface area (Å²) in [6.45, 7) is 3.14. The monoisotopic (exact) mass is 292 g/mol. The van der Waals surface area contributed by atoms with Crippen LogP contribution in [0, 0.1) is 5.92 Å². The van der Waals surface area contributed by atoms with E-state index in [0.29, 0.717) is 25.4 Å². The van der Waals surface area contributed by atoms with E-state index in [-0.39, 0.29) is 11.8 Å². The highest BCUT2D eigenvalue weighted by Gasteiger charge is 2.50. The Labute approximate surface area is 123 Å². The van der Waals surface area contributed by atoms with E-state index in [1.165, 1.54) is 5.56 Å². The fourth-order valence-electron chi connectivity index (χ4n) is 2.92. The first-order chi connectivity index (χ1) is 9.59. The molecule has 2 heterocycles. The van der Waals surface area contributed by atoms with E-state index in [4.69, 9.17) is 0 Å². The van der Waals surface area contributed by atoms with Gasteiger partial charge in [-0.2, -0.15) is 11.3 Å². The molecule has 1 aromatic rings. The van der Waals surface area contributed by atoms with Crippen LogP contribution in [0.15, 0.2) is 16.8 Å². The van der Waals surface area contributed by atoms with Crippen molar-refractivity contribution in [3.05, 3.63) is 22.4 Å². The Morgan fingerprint density at radius 2 is 2.25 bits per heavy atom. The Hall–Kier alpha value is -1.36. The second-order valence-electron chi connectivity index (χ2n) is 5.95. The van der Waals surface area contributed by atoms with Crippen LogP contribution in [-0.4, -0.2) is 35.3 Å². The Bertz CT molecular complexity index is 510. The van der Waals surface area contributed by atoms with Gasteiger partial charge in [0.1, 0.15) is 5.54 Å². The van der Waals surface area contributed by atoms with Crippen LogP contribution >= 0.6 is 11.3 Å². The number of thiophene rings is 1. The van der Waals surface area contributed by atoms with Crippen LogP contribution < -0.4 is 5.32 Å². The third-order valence-corrected chi connectivity index (χ3v) is 5.12. The lowest BCUT2D eigenvalue weighted by atomic mass is 9.94. The van der Waals surface area contributed by atoms with Gasteiger partial charge in [0, 0.05) is 19.5 Å². The van der Waals surface area contributed by atoms with Gasteiger partial charge in [0.2, 0.25) is 11.8 Å². The van der Waals surface area contributed by atoms with Crippen molar-refractivity contribution in [2.75, 3.05) is 13.1 Å². The molecule has 1 saturated carbocycles. The number of rotatable bonds is 4. The summed E-state index contributed by atoms with van der Waals surface area (Å²) in [5, 5.41) is 7.13. The van der Waals surface area contributed by atoms with Gasteiger partial charge in [-0.15, -0.1) is 0 Å². The molecule has 2 aliphatic rings. The van der Waals surface area contributed by atoms with Crippen LogP contribution in [0.25, 0.3) is 0 Å². The van der Waals surface area contributed by atoms with E-state index in [0.717, 1.165) is 19.3 Å². The van der Waals surface area contributed by atoms with E-state index in [2.05, 4.69) is 22.1 Å². The Morgan fingerprint density at radius 1 is 1.45 bits per heavy atom. The highest BCUT2D eigenvalue weighted by atomic mass is 32.1. The molecule has 2 amide bonds. The van der Waals surface area contributed by atoms with E-state index in [1.54, 1.807) is 11.3 Å². The van der Waals surface area contributed by atoms with Gasteiger partial charge in [-0.25, -0.2) is 0 Å². The number of carbonyl (C=O) groups is 2. The molecule has 20 heavy (non-hydrogen) atoms. The average Bonchev–Trinajstić information content (AvgIpc) is 3.17. The van der Waals surface area contributed by atoms with E-state index in [1.807, 2.05) is 11.8 Å². The maximum atomic E-state index is 12.8. The molecule has 0 bridgehead atoms. The first-order valence-electron chi connectivity index (χ1n) is 7.21. The lowest BCUT2D eigenvalue weighted by Gasteiger charge is -2.32. The third-order valence-electron chi connectivity index (χ3n) is 4.38. The molecule has 1 N–H and O–H groups in total. The Morgan fingerprint density at radius 3 is 2.90 bits per heavy atom. The molecule has 5 heteroatoms. The van der Waals surface area contributed by atoms with Crippen molar-refractivity contribution in [1.82, 2.24) is 10.2 Å². The molecule has 1 aromatic heterocycles. The topological polar surface area (TPSA) is 49.4 Å². The molecule has 0 aromatic carbocycles. The van der Waals surface area contributed by atoms with Crippen molar-refractivity contribution < 1.29 is 9.59 Å². The maximum absolute atomic E-state index is 12.8. The van der Waals surface area contributed by atoms with Gasteiger partial charge in [-0.05, 0) is 54.5 Å². The Kier molecular flexibility index (Phi) is 3.54. The molecule has 0 radical (unpaired) electrons. The summed E-state index contributed by atoms with van der Waals surface area (Å²) >= 11 is 1.68. The van der Waals surface area contributed by atoms with Gasteiger partial charge >= 0.3 is 0 Å². The van der Waals surface area contributed by atoms with Crippen molar-refractivity contribution in [3.63, 3.8) is 0 Å². The van der Waals surface area contributed by atoms with Gasteiger partial charge in [-0.3, -0.25) is 9.59 Å². The zero-order chi connectivity index (χ0) is 14.2. The molecule has 1 atom stereocenters. The second-order valence-corrected chi connectivity index (χ2v) is 6.73. The van der Waals surface area contributed by atoms with Crippen LogP contribution in [0.4, 0.5) is 0 Å². The zero-order valence-electron chi connectivity index (χ0n) is 11.7. The lowest BCUT2D eigenvalue weighted by Crippen LogP contribution is -2.56. The first-order valence-corrected chi connectivity index (χ1v) is 8.15. The van der Waals surface area contributed by atoms with Crippen molar-refractivity contribution in [3.8, 4) is 0 Å². The molecule has 1 aliphatic heterocycles. The summed E-state index contributed by atoms with van der Waals surface area (Å²) in [4.78, 5) is 26.5. The van der Waals surface area contributed by atoms with Crippen LogP contribution in [0.3, 0.4) is 0 Å². The number of hydrogen-bond donors (Lipinski definition) is 1. The normalized spacial score (nSPS) is 27.4. The smallest absolute Gasteiger partial charge is 0.248 e. The fourth-order valence-corrected chi connectivity index (χ4v) is 3.62. The quantitative estimate of drug-likeness (QED) is 0.920. The minimum absolute atomic E-state index is 0.00535. The summed E-state index contributed by atoms with van der Waals surface area (Å²) in [6.07, 6.45) is 3.36. The summed E-state index contributed by atoms with van der Waals surface area (Å²) in [7, 11) is 0. The number of hydrogen-bond acceptors (Lipinski definition) is 3. The van der Waals surface area contributed by atoms with Crippen molar-refractivity contribution in [2.45, 2.75) is 38.1 Å². The van der Waals surface area contributed by atoms with Crippen LogP contribution in [0.2, 0.25) is 0 Å². The average molecular weight is 292 g/mol. The number of nitrogens with zero attached hydrogens (tertiary/aromatic N) is 1. The molecule has 1 unspecified atom stereocenters. The fraction of sp³-hybridized carbons (Fsp3) is 0.600. The second kappa shape index (κ2) is 5.20. The van der Waals surface area contributed by atoms with Crippen LogP contribution in [0.5, 0.6) is 0 Å². The summed E-state index contributed by atoms with van der Waals surface area (Å²) in [5.74, 6) is 0.424. The summed E-state index contributed by atoms with van der Waals surface area (Å²) < 4.78 is 0. The minimum Gasteiger partial charge on any atom is -0.342 e. The largest absolute Gasteiger partial charge is 0.342 e. The molecule has 108 valence electrons. The summed E-state index contributed by atoms with van der Waals surface area (Å²) in [5.41, 5.74) is 0.585. The van der Waals surface area contributed by atoms with Crippen LogP contribution in [-0.2, 0) is 16.0 Å². The number of carbonyl (C=O) groups excluding carboxylic acids is 2. The van der Waals surface area contributed by atoms with Gasteiger partial charge in [0.15, 0.2) is 0 Å². The molecular weight excluding hydrogens is 272 g/mol. The van der Waals surface area contributed by atoms with E-state index < -0.39 is 5.54 Å². The van der Waals surface area contributed by atoms with Gasteiger partial charge in [-0.1, -0.05) is 0 Å². The van der Waals surface area contributed by atoms with Crippen molar-refractivity contribution in [1.29, 1.82) is 0 Å². The van der Waals surface area contributed by atoms with Crippen molar-refractivity contribution >= 4 is 23.2 Å². The molecule has 2 fully saturated rings. The SMILES string of the molecule is CC1(C2CC2)NC(=O)CCN(CCc2ccsc2)C1=O. The van der Waals surface area contributed by atoms with E-state index >= 15 is 0 Å². The van der Waals surface area contributed by atoms with Gasteiger partial charge in [0.25, 0.3) is 0 Å².